The molecule has 1 aliphatic rings. The van der Waals surface area contributed by atoms with E-state index >= 15 is 0 Å². The maximum atomic E-state index is 12.9. The average Bonchev–Trinajstić information content (AvgIpc) is 2.98. The Bertz CT molecular complexity index is 969. The van der Waals surface area contributed by atoms with Crippen LogP contribution in [0.2, 0.25) is 0 Å². The van der Waals surface area contributed by atoms with E-state index in [1.807, 2.05) is 30.3 Å². The molecule has 0 saturated heterocycles. The Morgan fingerprint density at radius 1 is 0.967 bits per heavy atom. The van der Waals surface area contributed by atoms with Crippen LogP contribution in [-0.2, 0) is 20.8 Å². The fraction of sp³-hybridized carbons (Fsp3) is 0.227. The monoisotopic (exact) mass is 408 g/mol. The summed E-state index contributed by atoms with van der Waals surface area (Å²) in [6.07, 6.45) is -0.577. The number of carboxylic acids is 1. The molecule has 3 amide bonds. The van der Waals surface area contributed by atoms with Gasteiger partial charge in [0, 0.05) is 12.8 Å². The smallest absolute Gasteiger partial charge is 0.307 e. The summed E-state index contributed by atoms with van der Waals surface area (Å²) in [4.78, 5) is 62.2. The van der Waals surface area contributed by atoms with Crippen molar-refractivity contribution in [2.75, 3.05) is 0 Å². The Morgan fingerprint density at radius 3 is 2.07 bits per heavy atom. The second kappa shape index (κ2) is 8.69. The molecule has 0 fully saturated rings. The van der Waals surface area contributed by atoms with E-state index in [0.29, 0.717) is 17.6 Å². The predicted molar refractivity (Wildman–Crippen MR) is 106 cm³/mol. The highest BCUT2D eigenvalue weighted by Gasteiger charge is 2.50. The molecule has 2 N–H and O–H groups in total. The topological polar surface area (TPSA) is 121 Å². The summed E-state index contributed by atoms with van der Waals surface area (Å²) >= 11 is 0. The van der Waals surface area contributed by atoms with E-state index in [1.54, 1.807) is 12.1 Å². The van der Waals surface area contributed by atoms with Crippen molar-refractivity contribution in [1.29, 1.82) is 0 Å². The van der Waals surface area contributed by atoms with Gasteiger partial charge in [0.25, 0.3) is 11.8 Å². The number of aldehydes is 1. The lowest BCUT2D eigenvalue weighted by Gasteiger charge is -2.39. The third-order valence-corrected chi connectivity index (χ3v) is 4.94. The number of aliphatic carboxylic acids is 1. The SMILES string of the molecule is O=CC[C@](CC(=O)O)(NC(=O)CCc1ccccc1)N1C(=O)c2ccccc2C1=O. The summed E-state index contributed by atoms with van der Waals surface area (Å²) in [6.45, 7) is 0. The van der Waals surface area contributed by atoms with E-state index in [9.17, 15) is 29.1 Å². The summed E-state index contributed by atoms with van der Waals surface area (Å²) < 4.78 is 0. The number of nitrogens with one attached hydrogen (secondary N) is 1. The van der Waals surface area contributed by atoms with Crippen LogP contribution in [0.1, 0.15) is 45.5 Å². The molecule has 2 aromatic rings. The minimum absolute atomic E-state index is 0.00654. The summed E-state index contributed by atoms with van der Waals surface area (Å²) in [5.41, 5.74) is -0.898. The quantitative estimate of drug-likeness (QED) is 0.482. The maximum Gasteiger partial charge on any atom is 0.307 e. The lowest BCUT2D eigenvalue weighted by Crippen LogP contribution is -2.63. The van der Waals surface area contributed by atoms with Crippen molar-refractivity contribution < 1.29 is 29.1 Å². The molecule has 0 unspecified atom stereocenters. The van der Waals surface area contributed by atoms with Crippen LogP contribution in [-0.4, -0.2) is 45.6 Å². The minimum atomic E-state index is -1.99. The summed E-state index contributed by atoms with van der Waals surface area (Å²) in [5.74, 6) is -3.43. The van der Waals surface area contributed by atoms with Crippen LogP contribution in [0.4, 0.5) is 0 Å². The number of imide groups is 1. The fourth-order valence-corrected chi connectivity index (χ4v) is 3.58. The van der Waals surface area contributed by atoms with E-state index in [4.69, 9.17) is 0 Å². The molecule has 1 atom stereocenters. The van der Waals surface area contributed by atoms with Crippen molar-refractivity contribution in [2.45, 2.75) is 31.3 Å². The van der Waals surface area contributed by atoms with Gasteiger partial charge in [0.15, 0.2) is 0 Å². The number of rotatable bonds is 9. The number of hydrogen-bond donors (Lipinski definition) is 2. The van der Waals surface area contributed by atoms with E-state index in [1.165, 1.54) is 12.1 Å². The number of carbonyl (C=O) groups is 5. The number of hydrogen-bond acceptors (Lipinski definition) is 5. The summed E-state index contributed by atoms with van der Waals surface area (Å²) in [5, 5.41) is 11.9. The molecule has 8 heteroatoms. The van der Waals surface area contributed by atoms with Gasteiger partial charge >= 0.3 is 5.97 Å². The van der Waals surface area contributed by atoms with E-state index in [-0.39, 0.29) is 17.5 Å². The van der Waals surface area contributed by atoms with Gasteiger partial charge < -0.3 is 15.2 Å². The van der Waals surface area contributed by atoms with Crippen molar-refractivity contribution in [3.05, 3.63) is 71.3 Å². The van der Waals surface area contributed by atoms with E-state index < -0.39 is 42.2 Å². The number of amides is 3. The Balaban J connectivity index is 1.90. The van der Waals surface area contributed by atoms with Gasteiger partial charge in [-0.1, -0.05) is 42.5 Å². The molecule has 0 spiro atoms. The van der Waals surface area contributed by atoms with Crippen molar-refractivity contribution >= 4 is 30.0 Å². The van der Waals surface area contributed by atoms with Crippen molar-refractivity contribution in [1.82, 2.24) is 10.2 Å². The number of nitrogens with zero attached hydrogens (tertiary/aromatic N) is 1. The highest BCUT2D eigenvalue weighted by atomic mass is 16.4. The molecule has 3 rings (SSSR count). The van der Waals surface area contributed by atoms with Gasteiger partial charge in [-0.15, -0.1) is 0 Å². The molecule has 0 aromatic heterocycles. The second-order valence-electron chi connectivity index (χ2n) is 7.00. The number of fused-ring (bicyclic) bond motifs is 1. The second-order valence-corrected chi connectivity index (χ2v) is 7.00. The molecule has 2 aromatic carbocycles. The lowest BCUT2D eigenvalue weighted by molar-refractivity contribution is -0.141. The molecule has 0 radical (unpaired) electrons. The zero-order chi connectivity index (χ0) is 21.7. The number of carboxylic acid groups (broad SMARTS) is 1. The first kappa shape index (κ1) is 20.9. The molecule has 30 heavy (non-hydrogen) atoms. The highest BCUT2D eigenvalue weighted by Crippen LogP contribution is 2.32. The molecule has 0 saturated carbocycles. The normalized spacial score (nSPS) is 14.7. The molecule has 0 aliphatic carbocycles. The van der Waals surface area contributed by atoms with Gasteiger partial charge in [0.05, 0.1) is 17.5 Å². The van der Waals surface area contributed by atoms with Gasteiger partial charge in [0.1, 0.15) is 11.9 Å². The maximum absolute atomic E-state index is 12.9. The zero-order valence-corrected chi connectivity index (χ0v) is 16.0. The number of carbonyl (C=O) groups excluding carboxylic acids is 4. The predicted octanol–water partition coefficient (Wildman–Crippen LogP) is 1.79. The van der Waals surface area contributed by atoms with Crippen LogP contribution in [0.25, 0.3) is 0 Å². The van der Waals surface area contributed by atoms with Gasteiger partial charge in [-0.05, 0) is 24.1 Å². The summed E-state index contributed by atoms with van der Waals surface area (Å²) in [7, 11) is 0. The molecule has 154 valence electrons. The van der Waals surface area contributed by atoms with Crippen LogP contribution >= 0.6 is 0 Å². The third kappa shape index (κ3) is 4.12. The Labute approximate surface area is 172 Å². The molecule has 8 nitrogen and oxygen atoms in total. The minimum Gasteiger partial charge on any atom is -0.481 e. The van der Waals surface area contributed by atoms with E-state index in [0.717, 1.165) is 5.56 Å². The molecular weight excluding hydrogens is 388 g/mol. The average molecular weight is 408 g/mol. The van der Waals surface area contributed by atoms with Gasteiger partial charge in [-0.3, -0.25) is 19.2 Å². The highest BCUT2D eigenvalue weighted by molar-refractivity contribution is 6.22. The van der Waals surface area contributed by atoms with Crippen LogP contribution in [0.3, 0.4) is 0 Å². The number of benzene rings is 2. The van der Waals surface area contributed by atoms with Gasteiger partial charge in [-0.25, -0.2) is 4.90 Å². The number of aryl methyl sites for hydroxylation is 1. The van der Waals surface area contributed by atoms with Gasteiger partial charge in [0.2, 0.25) is 5.91 Å². The van der Waals surface area contributed by atoms with Crippen LogP contribution in [0.5, 0.6) is 0 Å². The first-order valence-electron chi connectivity index (χ1n) is 9.36. The van der Waals surface area contributed by atoms with E-state index in [2.05, 4.69) is 5.32 Å². The van der Waals surface area contributed by atoms with Crippen LogP contribution < -0.4 is 5.32 Å². The molecular formula is C22H20N2O6. The van der Waals surface area contributed by atoms with Crippen molar-refractivity contribution in [3.8, 4) is 0 Å². The van der Waals surface area contributed by atoms with Crippen molar-refractivity contribution in [2.24, 2.45) is 0 Å². The van der Waals surface area contributed by atoms with Gasteiger partial charge in [-0.2, -0.15) is 0 Å². The Hall–Kier alpha value is -3.81. The largest absolute Gasteiger partial charge is 0.481 e. The van der Waals surface area contributed by atoms with Crippen LogP contribution in [0.15, 0.2) is 54.6 Å². The summed E-state index contributed by atoms with van der Waals surface area (Å²) in [6, 6.07) is 15.2. The molecule has 1 heterocycles. The first-order chi connectivity index (χ1) is 14.4. The Kier molecular flexibility index (Phi) is 6.06. The molecule has 1 aliphatic heterocycles. The van der Waals surface area contributed by atoms with Crippen LogP contribution in [0, 0.1) is 0 Å². The lowest BCUT2D eigenvalue weighted by atomic mass is 9.98. The standard InChI is InChI=1S/C22H20N2O6/c25-13-12-22(14-19(27)28,23-18(26)11-10-15-6-2-1-3-7-15)24-20(29)16-8-4-5-9-17(16)21(24)30/h1-9,13H,10-12,14H2,(H,23,26)(H,27,28)/t22-/m0/s1. The first-order valence-corrected chi connectivity index (χ1v) is 9.36. The fourth-order valence-electron chi connectivity index (χ4n) is 3.58. The Morgan fingerprint density at radius 2 is 1.53 bits per heavy atom. The third-order valence-electron chi connectivity index (χ3n) is 4.94. The zero-order valence-electron chi connectivity index (χ0n) is 16.0. The molecule has 0 bridgehead atoms. The van der Waals surface area contributed by atoms with Crippen molar-refractivity contribution in [3.63, 3.8) is 0 Å².